The van der Waals surface area contributed by atoms with Crippen LogP contribution in [0.2, 0.25) is 0 Å². The number of sulfonamides is 1. The molecule has 2 aromatic carbocycles. The van der Waals surface area contributed by atoms with Gasteiger partial charge in [0.1, 0.15) is 17.3 Å². The van der Waals surface area contributed by atoms with Crippen molar-refractivity contribution in [3.05, 3.63) is 46.1 Å². The highest BCUT2D eigenvalue weighted by Gasteiger charge is 2.41. The van der Waals surface area contributed by atoms with E-state index in [1.807, 2.05) is 4.13 Å². The third kappa shape index (κ3) is 5.07. The number of carbonyl (C=O) groups excluding carboxylic acids is 1. The van der Waals surface area contributed by atoms with E-state index in [1.54, 1.807) is 12.1 Å². The molecule has 1 saturated heterocycles. The van der Waals surface area contributed by atoms with Crippen LogP contribution >= 0.6 is 0 Å². The Morgan fingerprint density at radius 3 is 2.20 bits per heavy atom. The van der Waals surface area contributed by atoms with Gasteiger partial charge in [0.05, 0.1) is 0 Å². The molecule has 0 saturated carbocycles. The quantitative estimate of drug-likeness (QED) is 0.442. The van der Waals surface area contributed by atoms with Crippen molar-refractivity contribution in [3.63, 3.8) is 0 Å². The largest absolute Gasteiger partial charge is 0.480 e. The van der Waals surface area contributed by atoms with Gasteiger partial charge in [0.25, 0.3) is 0 Å². The lowest BCUT2D eigenvalue weighted by Crippen LogP contribution is -2.25. The van der Waals surface area contributed by atoms with Crippen molar-refractivity contribution < 1.29 is 39.0 Å². The van der Waals surface area contributed by atoms with Crippen LogP contribution in [0.4, 0.5) is 13.2 Å². The highest BCUT2D eigenvalue weighted by molar-refractivity contribution is 8.10. The Morgan fingerprint density at radius 2 is 1.60 bits per heavy atom. The van der Waals surface area contributed by atoms with Gasteiger partial charge in [-0.05, 0) is 41.3 Å². The standard InChI is InChI=1S/C17H16F3NO6S3/c18-17(19,20)29(23,24)21-30(25,26)27-16-8-7-13(12-5-1-2-6-14(12)16)15(22)11-28-9-3-4-10-28/h1-2,5-8H,3-4,9-11H2. The van der Waals surface area contributed by atoms with E-state index in [0.717, 1.165) is 30.4 Å². The van der Waals surface area contributed by atoms with Crippen molar-refractivity contribution in [3.8, 4) is 5.75 Å². The molecule has 0 spiro atoms. The molecular weight excluding hydrogens is 467 g/mol. The zero-order chi connectivity index (χ0) is 22.2. The molecule has 30 heavy (non-hydrogen) atoms. The Labute approximate surface area is 174 Å². The Hall–Kier alpha value is -1.83. The summed E-state index contributed by atoms with van der Waals surface area (Å²) in [6, 6.07) is 8.48. The summed E-state index contributed by atoms with van der Waals surface area (Å²) in [7, 11) is -11.8. The van der Waals surface area contributed by atoms with Gasteiger partial charge in [0, 0.05) is 10.9 Å². The van der Waals surface area contributed by atoms with Gasteiger partial charge >= 0.3 is 5.51 Å². The minimum absolute atomic E-state index is 0.00691. The lowest BCUT2D eigenvalue weighted by Gasteiger charge is -2.22. The average molecular weight is 484 g/mol. The molecule has 1 fully saturated rings. The van der Waals surface area contributed by atoms with E-state index in [2.05, 4.69) is 4.18 Å². The molecule has 0 amide bonds. The molecule has 0 bridgehead atoms. The average Bonchev–Trinajstić information content (AvgIpc) is 3.12. The smallest absolute Gasteiger partial charge is 0.394 e. The van der Waals surface area contributed by atoms with Crippen molar-refractivity contribution in [2.45, 2.75) is 18.3 Å². The number of carbonyl (C=O) groups is 1. The van der Waals surface area contributed by atoms with E-state index in [0.29, 0.717) is 16.7 Å². The summed E-state index contributed by atoms with van der Waals surface area (Å²) in [4.78, 5) is 12.7. The number of benzene rings is 2. The second kappa shape index (κ2) is 8.36. The van der Waals surface area contributed by atoms with Gasteiger partial charge in [-0.2, -0.15) is 13.2 Å². The number of hydrogen-bond acceptors (Lipinski definition) is 6. The predicted molar refractivity (Wildman–Crippen MR) is 107 cm³/mol. The van der Waals surface area contributed by atoms with Gasteiger partial charge in [0.2, 0.25) is 16.1 Å². The molecule has 0 aliphatic carbocycles. The molecule has 1 aliphatic rings. The maximum Gasteiger partial charge on any atom is 0.480 e. The first kappa shape index (κ1) is 22.8. The molecule has 0 atom stereocenters. The molecule has 0 radical (unpaired) electrons. The SMILES string of the molecule is O=C(C[S+]1CCCC1)c1ccc(OS(=O)(=O)[N-]S(=O)(=O)C(F)(F)F)c2ccccc12. The first-order valence-electron chi connectivity index (χ1n) is 8.59. The van der Waals surface area contributed by atoms with E-state index >= 15 is 0 Å². The maximum absolute atomic E-state index is 12.7. The van der Waals surface area contributed by atoms with Crippen LogP contribution in [-0.4, -0.2) is 45.4 Å². The summed E-state index contributed by atoms with van der Waals surface area (Å²) < 4.78 is 89.4. The molecule has 164 valence electrons. The van der Waals surface area contributed by atoms with Gasteiger partial charge in [-0.3, -0.25) is 4.79 Å². The molecule has 1 heterocycles. The second-order valence-corrected chi connectivity index (χ2v) is 11.8. The molecule has 0 aromatic heterocycles. The molecule has 2 aromatic rings. The van der Waals surface area contributed by atoms with E-state index in [1.165, 1.54) is 18.2 Å². The Bertz CT molecular complexity index is 1170. The van der Waals surface area contributed by atoms with Crippen molar-refractivity contribution in [1.29, 1.82) is 0 Å². The molecule has 0 N–H and O–H groups in total. The normalized spacial score (nSPS) is 16.1. The highest BCUT2D eigenvalue weighted by atomic mass is 32.3. The van der Waals surface area contributed by atoms with E-state index < -0.39 is 31.6 Å². The number of ketones is 1. The minimum Gasteiger partial charge on any atom is -0.394 e. The number of fused-ring (bicyclic) bond motifs is 1. The first-order chi connectivity index (χ1) is 13.9. The fraction of sp³-hybridized carbons (Fsp3) is 0.353. The number of nitrogens with zero attached hydrogens (tertiary/aromatic N) is 1. The summed E-state index contributed by atoms with van der Waals surface area (Å²) in [5.41, 5.74) is -5.56. The van der Waals surface area contributed by atoms with Gasteiger partial charge in [-0.1, -0.05) is 24.3 Å². The number of halogens is 3. The van der Waals surface area contributed by atoms with Crippen LogP contribution in [0.1, 0.15) is 23.2 Å². The number of rotatable bonds is 7. The second-order valence-electron chi connectivity index (χ2n) is 6.46. The van der Waals surface area contributed by atoms with Gasteiger partial charge in [0.15, 0.2) is 15.8 Å². The van der Waals surface area contributed by atoms with E-state index in [-0.39, 0.29) is 22.1 Å². The van der Waals surface area contributed by atoms with Crippen molar-refractivity contribution in [2.75, 3.05) is 17.3 Å². The van der Waals surface area contributed by atoms with Crippen molar-refractivity contribution >= 4 is 47.8 Å². The fourth-order valence-corrected chi connectivity index (χ4v) is 7.04. The topological polar surface area (TPSA) is 109 Å². The van der Waals surface area contributed by atoms with Crippen LogP contribution in [0, 0.1) is 0 Å². The summed E-state index contributed by atoms with van der Waals surface area (Å²) in [5, 5.41) is 0.470. The van der Waals surface area contributed by atoms with Crippen molar-refractivity contribution in [2.24, 2.45) is 0 Å². The summed E-state index contributed by atoms with van der Waals surface area (Å²) in [6.45, 7) is 0. The molecular formula is C17H16F3NO6S3. The summed E-state index contributed by atoms with van der Waals surface area (Å²) in [5.74, 6) is 1.76. The van der Waals surface area contributed by atoms with Gasteiger partial charge in [-0.15, -0.1) is 0 Å². The first-order valence-corrected chi connectivity index (χ1v) is 13.1. The van der Waals surface area contributed by atoms with E-state index in [9.17, 15) is 34.8 Å². The summed E-state index contributed by atoms with van der Waals surface area (Å²) >= 11 is 0. The maximum atomic E-state index is 12.7. The third-order valence-corrected chi connectivity index (χ3v) is 9.21. The number of hydrogen-bond donors (Lipinski definition) is 0. The minimum atomic E-state index is -6.31. The Balaban J connectivity index is 1.92. The molecule has 7 nitrogen and oxygen atoms in total. The summed E-state index contributed by atoms with van der Waals surface area (Å²) in [6.07, 6.45) is 2.15. The van der Waals surface area contributed by atoms with Crippen LogP contribution in [0.5, 0.6) is 5.75 Å². The monoisotopic (exact) mass is 483 g/mol. The third-order valence-electron chi connectivity index (χ3n) is 4.31. The number of Topliss-reactive ketones (excluding diaryl/α,β-unsaturated/α-hetero) is 1. The van der Waals surface area contributed by atoms with E-state index in [4.69, 9.17) is 0 Å². The van der Waals surface area contributed by atoms with Crippen LogP contribution in [0.15, 0.2) is 36.4 Å². The van der Waals surface area contributed by atoms with Crippen molar-refractivity contribution in [1.82, 2.24) is 0 Å². The molecule has 3 rings (SSSR count). The van der Waals surface area contributed by atoms with Crippen LogP contribution in [0.3, 0.4) is 0 Å². The Morgan fingerprint density at radius 1 is 1.00 bits per heavy atom. The molecule has 0 unspecified atom stereocenters. The van der Waals surface area contributed by atoms with Crippen LogP contribution < -0.4 is 4.18 Å². The predicted octanol–water partition coefficient (Wildman–Crippen LogP) is 3.28. The number of alkyl halides is 3. The zero-order valence-corrected chi connectivity index (χ0v) is 17.7. The molecule has 13 heteroatoms. The zero-order valence-electron chi connectivity index (χ0n) is 15.3. The Kier molecular flexibility index (Phi) is 6.37. The van der Waals surface area contributed by atoms with Gasteiger partial charge in [-0.25, -0.2) is 16.8 Å². The fourth-order valence-electron chi connectivity index (χ4n) is 3.00. The molecule has 1 aliphatic heterocycles. The van der Waals surface area contributed by atoms with Gasteiger partial charge < -0.3 is 8.31 Å². The highest BCUT2D eigenvalue weighted by Crippen LogP contribution is 2.34. The van der Waals surface area contributed by atoms with Crippen LogP contribution in [0.25, 0.3) is 14.9 Å². The lowest BCUT2D eigenvalue weighted by molar-refractivity contribution is -0.0425. The lowest BCUT2D eigenvalue weighted by atomic mass is 10.0. The van der Waals surface area contributed by atoms with Crippen LogP contribution in [-0.2, 0) is 31.2 Å².